The van der Waals surface area contributed by atoms with Gasteiger partial charge in [-0.2, -0.15) is 0 Å². The lowest BCUT2D eigenvalue weighted by molar-refractivity contribution is -0.277. The molecular weight excluding hydrogens is 462 g/mol. The average molecular weight is 494 g/mol. The van der Waals surface area contributed by atoms with Gasteiger partial charge in [0.05, 0.1) is 6.61 Å². The Kier molecular flexibility index (Phi) is 7.05. The van der Waals surface area contributed by atoms with Gasteiger partial charge in [0.1, 0.15) is 30.2 Å². The van der Waals surface area contributed by atoms with E-state index in [1.165, 1.54) is 5.56 Å². The molecule has 1 saturated heterocycles. The second-order valence-electron chi connectivity index (χ2n) is 9.70. The molecule has 36 heavy (non-hydrogen) atoms. The van der Waals surface area contributed by atoms with Crippen LogP contribution in [0.4, 0.5) is 0 Å². The van der Waals surface area contributed by atoms with Crippen LogP contribution in [0, 0.1) is 6.92 Å². The molecule has 1 aliphatic carbocycles. The van der Waals surface area contributed by atoms with Crippen LogP contribution in [0.3, 0.4) is 0 Å². The summed E-state index contributed by atoms with van der Waals surface area (Å²) in [7, 11) is 0. The first-order chi connectivity index (χ1) is 17.4. The van der Waals surface area contributed by atoms with Crippen molar-refractivity contribution in [1.29, 1.82) is 0 Å². The second-order valence-corrected chi connectivity index (χ2v) is 9.70. The number of nitrogens with zero attached hydrogens (tertiary/aromatic N) is 1. The van der Waals surface area contributed by atoms with Crippen molar-refractivity contribution in [3.8, 4) is 5.75 Å². The first kappa shape index (κ1) is 24.8. The lowest BCUT2D eigenvalue weighted by Crippen LogP contribution is -2.60. The molecule has 0 radical (unpaired) electrons. The van der Waals surface area contributed by atoms with Crippen LogP contribution in [-0.2, 0) is 9.53 Å². The molecule has 8 nitrogen and oxygen atoms in total. The van der Waals surface area contributed by atoms with Crippen molar-refractivity contribution >= 4 is 11.5 Å². The van der Waals surface area contributed by atoms with Crippen molar-refractivity contribution in [3.63, 3.8) is 0 Å². The Bertz CT molecular complexity index is 1170. The zero-order valence-electron chi connectivity index (χ0n) is 20.1. The van der Waals surface area contributed by atoms with Crippen molar-refractivity contribution in [2.24, 2.45) is 4.99 Å². The topological polar surface area (TPSA) is 129 Å². The fourth-order valence-corrected chi connectivity index (χ4v) is 5.15. The van der Waals surface area contributed by atoms with E-state index in [0.717, 1.165) is 41.0 Å². The van der Waals surface area contributed by atoms with Crippen molar-refractivity contribution in [3.05, 3.63) is 76.5 Å². The maximum Gasteiger partial charge on any atom is 0.229 e. The Balaban J connectivity index is 1.39. The Morgan fingerprint density at radius 3 is 2.39 bits per heavy atom. The van der Waals surface area contributed by atoms with Crippen molar-refractivity contribution in [2.45, 2.75) is 69.2 Å². The van der Waals surface area contributed by atoms with E-state index in [2.05, 4.69) is 24.3 Å². The Hall–Kier alpha value is -2.88. The van der Waals surface area contributed by atoms with E-state index < -0.39 is 37.3 Å². The molecule has 190 valence electrons. The Morgan fingerprint density at radius 2 is 1.69 bits per heavy atom. The van der Waals surface area contributed by atoms with Crippen LogP contribution in [-0.4, -0.2) is 69.2 Å². The molecule has 4 N–H and O–H groups in total. The highest BCUT2D eigenvalue weighted by molar-refractivity contribution is 6.07. The molecule has 2 heterocycles. The molecule has 2 aromatic carbocycles. The van der Waals surface area contributed by atoms with E-state index in [1.54, 1.807) is 12.1 Å². The summed E-state index contributed by atoms with van der Waals surface area (Å²) >= 11 is 0. The van der Waals surface area contributed by atoms with Gasteiger partial charge >= 0.3 is 0 Å². The lowest BCUT2D eigenvalue weighted by Gasteiger charge is -2.39. The molecule has 5 rings (SSSR count). The molecule has 2 aromatic rings. The third kappa shape index (κ3) is 4.75. The van der Waals surface area contributed by atoms with E-state index >= 15 is 0 Å². The maximum atomic E-state index is 12.9. The highest BCUT2D eigenvalue weighted by Gasteiger charge is 2.44. The largest absolute Gasteiger partial charge is 0.462 e. The fourth-order valence-electron chi connectivity index (χ4n) is 5.15. The maximum absolute atomic E-state index is 12.9. The standard InChI is InChI=1S/C28H31NO7/c1-15-5-7-17(8-6-15)21-13-19(24-20(29-21)3-2-4-22(24)31)16-9-11-18(12-10-16)35-28-27(34)26(33)25(32)23(14-30)36-28/h5-12,19,23,25-28,30,32-34H,2-4,13-14H2,1H3/t19?,23-,25-,26-,27-,28-/m1/s1. The molecule has 0 aromatic heterocycles. The van der Waals surface area contributed by atoms with Gasteiger partial charge in [-0.3, -0.25) is 9.79 Å². The number of ether oxygens (including phenoxy) is 2. The lowest BCUT2D eigenvalue weighted by atomic mass is 9.77. The van der Waals surface area contributed by atoms with Gasteiger partial charge in [-0.1, -0.05) is 42.0 Å². The number of aliphatic imine (C=N–C) groups is 1. The molecule has 0 bridgehead atoms. The van der Waals surface area contributed by atoms with Gasteiger partial charge in [0.2, 0.25) is 6.29 Å². The van der Waals surface area contributed by atoms with Crippen LogP contribution in [0.1, 0.15) is 48.3 Å². The van der Waals surface area contributed by atoms with Gasteiger partial charge in [0.25, 0.3) is 0 Å². The number of aliphatic hydroxyl groups excluding tert-OH is 4. The quantitative estimate of drug-likeness (QED) is 0.502. The molecular formula is C28H31NO7. The molecule has 3 aliphatic rings. The third-order valence-corrected chi connectivity index (χ3v) is 7.21. The number of aryl methyl sites for hydroxylation is 1. The summed E-state index contributed by atoms with van der Waals surface area (Å²) in [6.07, 6.45) is -4.01. The van der Waals surface area contributed by atoms with E-state index in [4.69, 9.17) is 14.5 Å². The number of ketones is 1. The van der Waals surface area contributed by atoms with E-state index in [9.17, 15) is 25.2 Å². The number of allylic oxidation sites excluding steroid dienone is 2. The summed E-state index contributed by atoms with van der Waals surface area (Å²) in [5.74, 6) is 0.410. The number of rotatable bonds is 5. The summed E-state index contributed by atoms with van der Waals surface area (Å²) in [5, 5.41) is 39.6. The summed E-state index contributed by atoms with van der Waals surface area (Å²) < 4.78 is 11.2. The zero-order valence-corrected chi connectivity index (χ0v) is 20.1. The van der Waals surface area contributed by atoms with Crippen LogP contribution in [0.2, 0.25) is 0 Å². The minimum absolute atomic E-state index is 0.122. The molecule has 1 fully saturated rings. The van der Waals surface area contributed by atoms with Gasteiger partial charge in [-0.15, -0.1) is 0 Å². The SMILES string of the molecule is Cc1ccc(C2=NC3=C(C(=O)CCC3)C(c3ccc(O[C@@H]4O[C@H](CO)[C@@H](O)[C@@H](O)[C@H]4O)cc3)C2)cc1. The van der Waals surface area contributed by atoms with Crippen molar-refractivity contribution in [1.82, 2.24) is 0 Å². The normalized spacial score (nSPS) is 30.6. The van der Waals surface area contributed by atoms with Crippen LogP contribution in [0.5, 0.6) is 5.75 Å². The first-order valence-electron chi connectivity index (χ1n) is 12.3. The van der Waals surface area contributed by atoms with Crippen LogP contribution in [0.15, 0.2) is 64.8 Å². The van der Waals surface area contributed by atoms with Gasteiger partial charge in [0, 0.05) is 35.7 Å². The first-order valence-corrected chi connectivity index (χ1v) is 12.3. The number of hydrogen-bond acceptors (Lipinski definition) is 8. The monoisotopic (exact) mass is 493 g/mol. The third-order valence-electron chi connectivity index (χ3n) is 7.21. The predicted molar refractivity (Wildman–Crippen MR) is 132 cm³/mol. The van der Waals surface area contributed by atoms with Crippen molar-refractivity contribution < 1.29 is 34.7 Å². The van der Waals surface area contributed by atoms with Crippen molar-refractivity contribution in [2.75, 3.05) is 6.61 Å². The molecule has 0 saturated carbocycles. The Morgan fingerprint density at radius 1 is 0.972 bits per heavy atom. The molecule has 1 unspecified atom stereocenters. The summed E-state index contributed by atoms with van der Waals surface area (Å²) in [6, 6.07) is 15.5. The number of aliphatic hydroxyl groups is 4. The highest BCUT2D eigenvalue weighted by atomic mass is 16.7. The van der Waals surface area contributed by atoms with E-state index in [0.29, 0.717) is 18.6 Å². The number of Topliss-reactive ketones (excluding diaryl/α,β-unsaturated/α-hetero) is 1. The molecule has 0 amide bonds. The molecule has 2 aliphatic heterocycles. The summed E-state index contributed by atoms with van der Waals surface area (Å²) in [5.41, 5.74) is 5.82. The fraction of sp³-hybridized carbons (Fsp3) is 0.429. The molecule has 6 atom stereocenters. The summed E-state index contributed by atoms with van der Waals surface area (Å²) in [6.45, 7) is 1.52. The van der Waals surface area contributed by atoms with Gasteiger partial charge in [0.15, 0.2) is 5.78 Å². The van der Waals surface area contributed by atoms with Gasteiger partial charge in [-0.05, 0) is 43.0 Å². The van der Waals surface area contributed by atoms with E-state index in [-0.39, 0.29) is 11.7 Å². The number of carbonyl (C=O) groups excluding carboxylic acids is 1. The van der Waals surface area contributed by atoms with Gasteiger partial charge < -0.3 is 29.9 Å². The average Bonchev–Trinajstić information content (AvgIpc) is 2.89. The van der Waals surface area contributed by atoms with Crippen LogP contribution in [0.25, 0.3) is 0 Å². The molecule has 8 heteroatoms. The predicted octanol–water partition coefficient (Wildman–Crippen LogP) is 2.16. The van der Waals surface area contributed by atoms with Gasteiger partial charge in [-0.25, -0.2) is 0 Å². The van der Waals surface area contributed by atoms with Crippen LogP contribution < -0.4 is 4.74 Å². The second kappa shape index (κ2) is 10.2. The number of benzene rings is 2. The Labute approximate surface area is 209 Å². The summed E-state index contributed by atoms with van der Waals surface area (Å²) in [4.78, 5) is 17.8. The zero-order chi connectivity index (χ0) is 25.4. The number of hydrogen-bond donors (Lipinski definition) is 4. The smallest absolute Gasteiger partial charge is 0.229 e. The minimum atomic E-state index is -1.51. The number of carbonyl (C=O) groups is 1. The van der Waals surface area contributed by atoms with Crippen LogP contribution >= 0.6 is 0 Å². The highest BCUT2D eigenvalue weighted by Crippen LogP contribution is 2.41. The van der Waals surface area contributed by atoms with E-state index in [1.807, 2.05) is 19.1 Å². The molecule has 0 spiro atoms. The minimum Gasteiger partial charge on any atom is -0.462 e.